The molecule has 0 spiro atoms. The fourth-order valence-corrected chi connectivity index (χ4v) is 1.67. The highest BCUT2D eigenvalue weighted by molar-refractivity contribution is 9.10. The van der Waals surface area contributed by atoms with Crippen LogP contribution in [0.3, 0.4) is 0 Å². The maximum Gasteiger partial charge on any atom is 0.163 e. The van der Waals surface area contributed by atoms with Gasteiger partial charge in [0, 0.05) is 4.47 Å². The number of carbonyl (C=O) groups is 2. The van der Waals surface area contributed by atoms with E-state index in [4.69, 9.17) is 4.74 Å². The molecule has 0 unspecified atom stereocenters. The standard InChI is InChI=1S/C11H11BrO3/c1-3-15-11-8(7(2)14)4-5-10(12)9(11)6-13/h4-6H,3H2,1-2H3. The zero-order chi connectivity index (χ0) is 11.4. The molecule has 3 nitrogen and oxygen atoms in total. The molecule has 4 heteroatoms. The van der Waals surface area contributed by atoms with Gasteiger partial charge < -0.3 is 4.74 Å². The molecule has 0 N–H and O–H groups in total. The molecule has 0 aliphatic rings. The molecule has 80 valence electrons. The van der Waals surface area contributed by atoms with E-state index in [0.29, 0.717) is 34.2 Å². The van der Waals surface area contributed by atoms with E-state index in [9.17, 15) is 9.59 Å². The molecule has 0 heterocycles. The number of hydrogen-bond acceptors (Lipinski definition) is 3. The lowest BCUT2D eigenvalue weighted by Gasteiger charge is -2.11. The third kappa shape index (κ3) is 2.45. The summed E-state index contributed by atoms with van der Waals surface area (Å²) in [4.78, 5) is 22.2. The van der Waals surface area contributed by atoms with E-state index in [1.165, 1.54) is 6.92 Å². The molecule has 0 saturated heterocycles. The number of hydrogen-bond donors (Lipinski definition) is 0. The lowest BCUT2D eigenvalue weighted by Crippen LogP contribution is -2.04. The van der Waals surface area contributed by atoms with Gasteiger partial charge in [0.15, 0.2) is 12.1 Å². The Morgan fingerprint density at radius 1 is 1.53 bits per heavy atom. The summed E-state index contributed by atoms with van der Waals surface area (Å²) in [6.45, 7) is 3.66. The minimum Gasteiger partial charge on any atom is -0.492 e. The lowest BCUT2D eigenvalue weighted by molar-refractivity contribution is 0.101. The fraction of sp³-hybridized carbons (Fsp3) is 0.273. The van der Waals surface area contributed by atoms with Crippen LogP contribution in [0.4, 0.5) is 0 Å². The van der Waals surface area contributed by atoms with Gasteiger partial charge in [-0.25, -0.2) is 0 Å². The average Bonchev–Trinajstić information content (AvgIpc) is 2.18. The number of ether oxygens (including phenoxy) is 1. The number of Topliss-reactive ketones (excluding diaryl/α,β-unsaturated/α-hetero) is 1. The Balaban J connectivity index is 3.41. The van der Waals surface area contributed by atoms with Gasteiger partial charge in [0.1, 0.15) is 5.75 Å². The van der Waals surface area contributed by atoms with Crippen molar-refractivity contribution >= 4 is 28.0 Å². The van der Waals surface area contributed by atoms with Crippen molar-refractivity contribution in [3.63, 3.8) is 0 Å². The van der Waals surface area contributed by atoms with Gasteiger partial charge in [-0.1, -0.05) is 0 Å². The first kappa shape index (κ1) is 11.9. The van der Waals surface area contributed by atoms with E-state index in [2.05, 4.69) is 15.9 Å². The summed E-state index contributed by atoms with van der Waals surface area (Å²) in [6, 6.07) is 3.31. The number of ketones is 1. The van der Waals surface area contributed by atoms with E-state index < -0.39 is 0 Å². The van der Waals surface area contributed by atoms with Crippen LogP contribution in [0, 0.1) is 0 Å². The van der Waals surface area contributed by atoms with Crippen LogP contribution in [-0.4, -0.2) is 18.7 Å². The molecule has 0 aliphatic carbocycles. The molecule has 0 fully saturated rings. The highest BCUT2D eigenvalue weighted by Gasteiger charge is 2.15. The van der Waals surface area contributed by atoms with E-state index in [1.54, 1.807) is 19.1 Å². The molecule has 0 atom stereocenters. The van der Waals surface area contributed by atoms with Gasteiger partial charge in [0.2, 0.25) is 0 Å². The SMILES string of the molecule is CCOc1c(C(C)=O)ccc(Br)c1C=O. The predicted molar refractivity (Wildman–Crippen MR) is 60.7 cm³/mol. The highest BCUT2D eigenvalue weighted by Crippen LogP contribution is 2.29. The molecule has 1 aromatic carbocycles. The summed E-state index contributed by atoms with van der Waals surface area (Å²) in [5.41, 5.74) is 0.812. The van der Waals surface area contributed by atoms with Gasteiger partial charge in [-0.05, 0) is 41.9 Å². The van der Waals surface area contributed by atoms with Gasteiger partial charge in [0.25, 0.3) is 0 Å². The topological polar surface area (TPSA) is 43.4 Å². The summed E-state index contributed by atoms with van der Waals surface area (Å²) >= 11 is 3.24. The summed E-state index contributed by atoms with van der Waals surface area (Å²) in [5.74, 6) is 0.239. The molecule has 0 saturated carbocycles. The first-order chi connectivity index (χ1) is 7.11. The maximum absolute atomic E-state index is 11.3. The Morgan fingerprint density at radius 2 is 2.20 bits per heavy atom. The molecule has 0 amide bonds. The van der Waals surface area contributed by atoms with Crippen LogP contribution in [0.15, 0.2) is 16.6 Å². The quantitative estimate of drug-likeness (QED) is 0.624. The number of halogens is 1. The van der Waals surface area contributed by atoms with E-state index >= 15 is 0 Å². The van der Waals surface area contributed by atoms with Crippen LogP contribution in [0.1, 0.15) is 34.6 Å². The zero-order valence-electron chi connectivity index (χ0n) is 8.54. The molecular formula is C11H11BrO3. The monoisotopic (exact) mass is 270 g/mol. The van der Waals surface area contributed by atoms with Gasteiger partial charge in [-0.3, -0.25) is 9.59 Å². The third-order valence-corrected chi connectivity index (χ3v) is 2.62. The van der Waals surface area contributed by atoms with Crippen molar-refractivity contribution in [1.29, 1.82) is 0 Å². The van der Waals surface area contributed by atoms with Crippen LogP contribution in [0.5, 0.6) is 5.75 Å². The summed E-state index contributed by atoms with van der Waals surface area (Å²) < 4.78 is 5.95. The second-order valence-corrected chi connectivity index (χ2v) is 3.80. The van der Waals surface area contributed by atoms with Crippen molar-refractivity contribution in [3.05, 3.63) is 27.7 Å². The Kier molecular flexibility index (Phi) is 4.03. The highest BCUT2D eigenvalue weighted by atomic mass is 79.9. The largest absolute Gasteiger partial charge is 0.492 e. The van der Waals surface area contributed by atoms with Crippen molar-refractivity contribution in [3.8, 4) is 5.75 Å². The molecule has 0 aliphatic heterocycles. The van der Waals surface area contributed by atoms with Crippen molar-refractivity contribution in [2.24, 2.45) is 0 Å². The van der Waals surface area contributed by atoms with Gasteiger partial charge in [-0.15, -0.1) is 0 Å². The van der Waals surface area contributed by atoms with E-state index in [-0.39, 0.29) is 5.78 Å². The predicted octanol–water partition coefficient (Wildman–Crippen LogP) is 2.86. The van der Waals surface area contributed by atoms with Crippen LogP contribution in [0.2, 0.25) is 0 Å². The molecule has 1 aromatic rings. The summed E-state index contributed by atoms with van der Waals surface area (Å²) in [6.07, 6.45) is 0.682. The van der Waals surface area contributed by atoms with Gasteiger partial charge in [-0.2, -0.15) is 0 Å². The van der Waals surface area contributed by atoms with Gasteiger partial charge >= 0.3 is 0 Å². The summed E-state index contributed by atoms with van der Waals surface area (Å²) in [5, 5.41) is 0. The smallest absolute Gasteiger partial charge is 0.163 e. The number of aldehydes is 1. The molecular weight excluding hydrogens is 260 g/mol. The Labute approximate surface area is 96.6 Å². The number of rotatable bonds is 4. The Bertz CT molecular complexity index is 399. The van der Waals surface area contributed by atoms with Crippen LogP contribution in [-0.2, 0) is 0 Å². The minimum atomic E-state index is -0.117. The number of carbonyl (C=O) groups excluding carboxylic acids is 2. The first-order valence-corrected chi connectivity index (χ1v) is 5.32. The third-order valence-electron chi connectivity index (χ3n) is 1.93. The van der Waals surface area contributed by atoms with Gasteiger partial charge in [0.05, 0.1) is 17.7 Å². The second-order valence-electron chi connectivity index (χ2n) is 2.94. The zero-order valence-corrected chi connectivity index (χ0v) is 10.1. The average molecular weight is 271 g/mol. The second kappa shape index (κ2) is 5.07. The van der Waals surface area contributed by atoms with Crippen molar-refractivity contribution in [1.82, 2.24) is 0 Å². The van der Waals surface area contributed by atoms with Crippen molar-refractivity contribution in [2.45, 2.75) is 13.8 Å². The Morgan fingerprint density at radius 3 is 2.67 bits per heavy atom. The van der Waals surface area contributed by atoms with Crippen LogP contribution >= 0.6 is 15.9 Å². The normalized spacial score (nSPS) is 9.80. The van der Waals surface area contributed by atoms with Crippen LogP contribution in [0.25, 0.3) is 0 Å². The minimum absolute atomic E-state index is 0.117. The van der Waals surface area contributed by atoms with Crippen molar-refractivity contribution < 1.29 is 14.3 Å². The summed E-state index contributed by atoms with van der Waals surface area (Å²) in [7, 11) is 0. The first-order valence-electron chi connectivity index (χ1n) is 4.53. The fourth-order valence-electron chi connectivity index (χ4n) is 1.26. The van der Waals surface area contributed by atoms with E-state index in [1.807, 2.05) is 0 Å². The number of benzene rings is 1. The molecule has 0 aromatic heterocycles. The molecule has 1 rings (SSSR count). The molecule has 0 radical (unpaired) electrons. The van der Waals surface area contributed by atoms with Crippen LogP contribution < -0.4 is 4.74 Å². The lowest BCUT2D eigenvalue weighted by atomic mass is 10.1. The maximum atomic E-state index is 11.3. The molecule has 15 heavy (non-hydrogen) atoms. The van der Waals surface area contributed by atoms with E-state index in [0.717, 1.165) is 0 Å². The molecule has 0 bridgehead atoms. The Hall–Kier alpha value is -1.16. The van der Waals surface area contributed by atoms with Crippen molar-refractivity contribution in [2.75, 3.05) is 6.61 Å².